The number of amides is 1. The van der Waals surface area contributed by atoms with Crippen molar-refractivity contribution in [2.24, 2.45) is 0 Å². The van der Waals surface area contributed by atoms with E-state index in [1.165, 1.54) is 11.1 Å². The molecular formula is C25H33ClN2O3. The molecular weight excluding hydrogens is 412 g/mol. The number of halogens is 1. The third kappa shape index (κ3) is 6.53. The van der Waals surface area contributed by atoms with E-state index < -0.39 is 6.10 Å². The fourth-order valence-electron chi connectivity index (χ4n) is 4.45. The van der Waals surface area contributed by atoms with Crippen molar-refractivity contribution in [3.05, 3.63) is 70.2 Å². The summed E-state index contributed by atoms with van der Waals surface area (Å²) in [6, 6.07) is 16.1. The number of benzene rings is 2. The number of carbonyl (C=O) groups excluding carboxylic acids is 1. The average Bonchev–Trinajstić information content (AvgIpc) is 2.79. The van der Waals surface area contributed by atoms with Crippen molar-refractivity contribution in [3.63, 3.8) is 0 Å². The van der Waals surface area contributed by atoms with E-state index in [2.05, 4.69) is 24.3 Å². The fraction of sp³-hybridized carbons (Fsp3) is 0.480. The number of rotatable bonds is 8. The van der Waals surface area contributed by atoms with E-state index in [9.17, 15) is 9.90 Å². The normalized spacial score (nSPS) is 19.9. The molecule has 0 heterocycles. The van der Waals surface area contributed by atoms with Gasteiger partial charge in [0.25, 0.3) is 5.91 Å². The zero-order valence-electron chi connectivity index (χ0n) is 18.4. The zero-order chi connectivity index (χ0) is 22.4. The first-order valence-electron chi connectivity index (χ1n) is 11.0. The molecule has 2 N–H and O–H groups in total. The van der Waals surface area contributed by atoms with Crippen LogP contribution >= 0.6 is 11.6 Å². The van der Waals surface area contributed by atoms with E-state index in [0.717, 1.165) is 32.2 Å². The van der Waals surface area contributed by atoms with Gasteiger partial charge in [0.2, 0.25) is 0 Å². The third-order valence-corrected chi connectivity index (χ3v) is 6.54. The highest BCUT2D eigenvalue weighted by atomic mass is 35.5. The lowest BCUT2D eigenvalue weighted by molar-refractivity contribution is 0.0648. The van der Waals surface area contributed by atoms with Gasteiger partial charge in [-0.3, -0.25) is 9.69 Å². The highest BCUT2D eigenvalue weighted by Crippen LogP contribution is 2.35. The van der Waals surface area contributed by atoms with E-state index in [1.54, 1.807) is 24.3 Å². The largest absolute Gasteiger partial charge is 0.394 e. The van der Waals surface area contributed by atoms with E-state index in [1.807, 2.05) is 23.9 Å². The topological polar surface area (TPSA) is 64.0 Å². The van der Waals surface area contributed by atoms with E-state index in [0.29, 0.717) is 23.0 Å². The summed E-state index contributed by atoms with van der Waals surface area (Å²) >= 11 is 5.93. The maximum absolute atomic E-state index is 12.8. The molecule has 168 valence electrons. The van der Waals surface area contributed by atoms with Crippen molar-refractivity contribution < 1.29 is 15.0 Å². The monoisotopic (exact) mass is 444 g/mol. The van der Waals surface area contributed by atoms with Crippen LogP contribution in [0.5, 0.6) is 0 Å². The second-order valence-electron chi connectivity index (χ2n) is 8.70. The van der Waals surface area contributed by atoms with Gasteiger partial charge in [0.15, 0.2) is 0 Å². The van der Waals surface area contributed by atoms with Gasteiger partial charge in [0.1, 0.15) is 0 Å². The molecule has 0 aromatic heterocycles. The molecule has 0 aliphatic heterocycles. The molecule has 1 amide bonds. The maximum atomic E-state index is 12.8. The molecule has 1 saturated carbocycles. The molecule has 2 aromatic carbocycles. The van der Waals surface area contributed by atoms with Crippen molar-refractivity contribution >= 4 is 17.5 Å². The Morgan fingerprint density at radius 2 is 1.65 bits per heavy atom. The summed E-state index contributed by atoms with van der Waals surface area (Å²) in [5.74, 6) is 0.582. The molecule has 0 unspecified atom stereocenters. The minimum absolute atomic E-state index is 0.0555. The quantitative estimate of drug-likeness (QED) is 0.647. The molecule has 2 aromatic rings. The van der Waals surface area contributed by atoms with Gasteiger partial charge in [0, 0.05) is 36.8 Å². The summed E-state index contributed by atoms with van der Waals surface area (Å²) in [6.45, 7) is 0.971. The van der Waals surface area contributed by atoms with Gasteiger partial charge in [-0.25, -0.2) is 0 Å². The van der Waals surface area contributed by atoms with Gasteiger partial charge in [0.05, 0.1) is 12.7 Å². The number of aliphatic hydroxyl groups excluding tert-OH is 2. The van der Waals surface area contributed by atoms with E-state index >= 15 is 0 Å². The van der Waals surface area contributed by atoms with Crippen molar-refractivity contribution in [2.45, 2.75) is 50.3 Å². The highest BCUT2D eigenvalue weighted by Gasteiger charge is 2.27. The van der Waals surface area contributed by atoms with Crippen molar-refractivity contribution in [1.29, 1.82) is 0 Å². The Morgan fingerprint density at radius 3 is 2.23 bits per heavy atom. The molecule has 1 atom stereocenters. The fourth-order valence-corrected chi connectivity index (χ4v) is 4.57. The zero-order valence-corrected chi connectivity index (χ0v) is 19.1. The van der Waals surface area contributed by atoms with Crippen molar-refractivity contribution in [2.75, 3.05) is 27.2 Å². The summed E-state index contributed by atoms with van der Waals surface area (Å²) in [5.41, 5.74) is 3.23. The van der Waals surface area contributed by atoms with Crippen LogP contribution in [0.3, 0.4) is 0 Å². The summed E-state index contributed by atoms with van der Waals surface area (Å²) in [6.07, 6.45) is 3.45. The number of nitrogens with zero attached hydrogens (tertiary/aromatic N) is 2. The lowest BCUT2D eigenvalue weighted by Crippen LogP contribution is -2.39. The lowest BCUT2D eigenvalue weighted by Gasteiger charge is -2.35. The molecule has 1 aliphatic carbocycles. The third-order valence-electron chi connectivity index (χ3n) is 6.29. The van der Waals surface area contributed by atoms with Crippen LogP contribution in [0.25, 0.3) is 0 Å². The van der Waals surface area contributed by atoms with Crippen LogP contribution in [0.15, 0.2) is 48.5 Å². The predicted molar refractivity (Wildman–Crippen MR) is 124 cm³/mol. The van der Waals surface area contributed by atoms with Gasteiger partial charge >= 0.3 is 0 Å². The van der Waals surface area contributed by atoms with Crippen LogP contribution < -0.4 is 0 Å². The lowest BCUT2D eigenvalue weighted by atomic mass is 9.81. The van der Waals surface area contributed by atoms with Gasteiger partial charge in [-0.2, -0.15) is 0 Å². The first-order chi connectivity index (χ1) is 14.9. The number of hydrogen-bond acceptors (Lipinski definition) is 4. The van der Waals surface area contributed by atoms with Crippen LogP contribution in [0.4, 0.5) is 0 Å². The van der Waals surface area contributed by atoms with Gasteiger partial charge in [-0.05, 0) is 74.0 Å². The van der Waals surface area contributed by atoms with Crippen LogP contribution in [0.2, 0.25) is 5.02 Å². The summed E-state index contributed by atoms with van der Waals surface area (Å²) in [5, 5.41) is 19.2. The minimum Gasteiger partial charge on any atom is -0.394 e. The van der Waals surface area contributed by atoms with Crippen LogP contribution in [0, 0.1) is 0 Å². The van der Waals surface area contributed by atoms with Crippen molar-refractivity contribution in [3.8, 4) is 0 Å². The van der Waals surface area contributed by atoms with Gasteiger partial charge in [-0.1, -0.05) is 35.9 Å². The van der Waals surface area contributed by atoms with Crippen LogP contribution in [0.1, 0.15) is 53.1 Å². The second kappa shape index (κ2) is 11.1. The second-order valence-corrected chi connectivity index (χ2v) is 9.14. The Balaban J connectivity index is 1.51. The highest BCUT2D eigenvalue weighted by molar-refractivity contribution is 6.30. The molecule has 0 saturated heterocycles. The summed E-state index contributed by atoms with van der Waals surface area (Å²) in [4.78, 5) is 16.7. The number of carbonyl (C=O) groups is 1. The Kier molecular flexibility index (Phi) is 8.50. The molecule has 1 aliphatic rings. The number of aliphatic hydroxyl groups is 2. The first-order valence-corrected chi connectivity index (χ1v) is 11.3. The Labute approximate surface area is 190 Å². The molecule has 0 spiro atoms. The van der Waals surface area contributed by atoms with Crippen molar-refractivity contribution in [1.82, 2.24) is 9.80 Å². The van der Waals surface area contributed by atoms with Crippen LogP contribution in [-0.4, -0.2) is 65.3 Å². The molecule has 31 heavy (non-hydrogen) atoms. The molecule has 6 heteroatoms. The summed E-state index contributed by atoms with van der Waals surface area (Å²) < 4.78 is 0. The maximum Gasteiger partial charge on any atom is 0.253 e. The minimum atomic E-state index is -0.704. The number of hydrogen-bond donors (Lipinski definition) is 2. The Morgan fingerprint density at radius 1 is 1.03 bits per heavy atom. The van der Waals surface area contributed by atoms with E-state index in [4.69, 9.17) is 16.7 Å². The smallest absolute Gasteiger partial charge is 0.253 e. The Hall–Kier alpha value is -1.92. The van der Waals surface area contributed by atoms with E-state index in [-0.39, 0.29) is 18.6 Å². The molecule has 3 rings (SSSR count). The molecule has 0 radical (unpaired) electrons. The SMILES string of the molecule is CN(Cc1ccc([C@H]2CC[C@H](N(C)C(=O)c3ccc(Cl)cc3)CC2)cc1)C[C@@H](O)CO. The predicted octanol–water partition coefficient (Wildman–Crippen LogP) is 3.92. The molecule has 1 fully saturated rings. The standard InChI is InChI=1S/C25H33ClN2O3/c1-27(16-24(30)17-29)15-18-3-5-19(6-4-18)20-9-13-23(14-10-20)28(2)25(31)21-7-11-22(26)12-8-21/h3-8,11-12,20,23-24,29-30H,9-10,13-17H2,1-2H3/t20-,23-,24-/m1/s1. The van der Waals surface area contributed by atoms with Crippen LogP contribution in [-0.2, 0) is 6.54 Å². The molecule has 5 nitrogen and oxygen atoms in total. The van der Waals surface area contributed by atoms with Gasteiger partial charge in [-0.15, -0.1) is 0 Å². The number of likely N-dealkylation sites (N-methyl/N-ethyl adjacent to an activating group) is 1. The first kappa shape index (κ1) is 23.7. The Bertz CT molecular complexity index is 833. The summed E-state index contributed by atoms with van der Waals surface area (Å²) in [7, 11) is 3.84. The molecule has 0 bridgehead atoms. The average molecular weight is 445 g/mol. The van der Waals surface area contributed by atoms with Gasteiger partial charge < -0.3 is 15.1 Å².